The van der Waals surface area contributed by atoms with E-state index in [1.54, 1.807) is 40.5 Å². The minimum atomic E-state index is -0.0873. The molecule has 0 fully saturated rings. The van der Waals surface area contributed by atoms with Crippen LogP contribution in [-0.4, -0.2) is 43.0 Å². The van der Waals surface area contributed by atoms with E-state index in [2.05, 4.69) is 36.9 Å². The lowest BCUT2D eigenvalue weighted by molar-refractivity contribution is 0.0986. The molecule has 0 spiro atoms. The van der Waals surface area contributed by atoms with Gasteiger partial charge in [0.25, 0.3) is 5.91 Å². The average Bonchev–Trinajstić information content (AvgIpc) is 3.07. The van der Waals surface area contributed by atoms with E-state index in [0.717, 1.165) is 23.2 Å². The molecular formula is C22H24N4OS. The van der Waals surface area contributed by atoms with Crippen LogP contribution in [0.25, 0.3) is 10.2 Å². The predicted octanol–water partition coefficient (Wildman–Crippen LogP) is 4.38. The highest BCUT2D eigenvalue weighted by Gasteiger charge is 2.21. The van der Waals surface area contributed by atoms with Gasteiger partial charge in [0.2, 0.25) is 0 Å². The highest BCUT2D eigenvalue weighted by molar-refractivity contribution is 7.22. The molecule has 0 atom stereocenters. The number of amides is 1. The highest BCUT2D eigenvalue weighted by Crippen LogP contribution is 2.31. The van der Waals surface area contributed by atoms with E-state index < -0.39 is 0 Å². The van der Waals surface area contributed by atoms with Crippen molar-refractivity contribution in [2.24, 2.45) is 0 Å². The number of carbonyl (C=O) groups excluding carboxylic acids is 1. The molecule has 0 N–H and O–H groups in total. The zero-order valence-corrected chi connectivity index (χ0v) is 17.5. The minimum Gasteiger partial charge on any atom is -0.309 e. The quantitative estimate of drug-likeness (QED) is 0.624. The molecule has 0 aliphatic rings. The number of fused-ring (bicyclic) bond motifs is 1. The predicted molar refractivity (Wildman–Crippen MR) is 115 cm³/mol. The van der Waals surface area contributed by atoms with Crippen molar-refractivity contribution in [3.05, 3.63) is 58.7 Å². The Morgan fingerprint density at radius 2 is 1.79 bits per heavy atom. The van der Waals surface area contributed by atoms with Gasteiger partial charge in [-0.05, 0) is 88.4 Å². The van der Waals surface area contributed by atoms with Crippen molar-refractivity contribution >= 4 is 32.6 Å². The molecule has 2 aromatic carbocycles. The number of thiazole rings is 1. The fraction of sp³-hybridized carbons (Fsp3) is 0.318. The van der Waals surface area contributed by atoms with Gasteiger partial charge in [0, 0.05) is 12.1 Å². The topological polar surface area (TPSA) is 60.2 Å². The van der Waals surface area contributed by atoms with Crippen LogP contribution in [0.2, 0.25) is 0 Å². The Kier molecular flexibility index (Phi) is 6.08. The Bertz CT molecular complexity index is 992. The van der Waals surface area contributed by atoms with Crippen LogP contribution in [0.5, 0.6) is 0 Å². The maximum absolute atomic E-state index is 13.2. The molecule has 144 valence electrons. The van der Waals surface area contributed by atoms with Gasteiger partial charge >= 0.3 is 0 Å². The SMILES string of the molecule is Cc1cc2nc(N(CCCN(C)C)C(=O)c3ccc(C#N)cc3)sc2cc1C. The van der Waals surface area contributed by atoms with E-state index in [1.807, 2.05) is 14.1 Å². The van der Waals surface area contributed by atoms with Crippen molar-refractivity contribution in [2.45, 2.75) is 20.3 Å². The third-order valence-electron chi connectivity index (χ3n) is 4.72. The molecule has 0 saturated carbocycles. The molecule has 28 heavy (non-hydrogen) atoms. The summed E-state index contributed by atoms with van der Waals surface area (Å²) in [6.45, 7) is 5.64. The number of anilines is 1. The third kappa shape index (κ3) is 4.38. The van der Waals surface area contributed by atoms with Crippen molar-refractivity contribution in [3.8, 4) is 6.07 Å². The fourth-order valence-electron chi connectivity index (χ4n) is 2.96. The van der Waals surface area contributed by atoms with Gasteiger partial charge in [-0.25, -0.2) is 4.98 Å². The van der Waals surface area contributed by atoms with Crippen LogP contribution in [-0.2, 0) is 0 Å². The second-order valence-electron chi connectivity index (χ2n) is 7.20. The molecule has 0 unspecified atom stereocenters. The lowest BCUT2D eigenvalue weighted by Crippen LogP contribution is -2.33. The van der Waals surface area contributed by atoms with Crippen LogP contribution in [0.1, 0.15) is 33.5 Å². The smallest absolute Gasteiger partial charge is 0.260 e. The van der Waals surface area contributed by atoms with E-state index >= 15 is 0 Å². The Morgan fingerprint density at radius 3 is 2.43 bits per heavy atom. The second kappa shape index (κ2) is 8.51. The van der Waals surface area contributed by atoms with Crippen LogP contribution in [0.4, 0.5) is 5.13 Å². The van der Waals surface area contributed by atoms with Crippen molar-refractivity contribution in [1.29, 1.82) is 5.26 Å². The van der Waals surface area contributed by atoms with Gasteiger partial charge in [0.05, 0.1) is 21.8 Å². The van der Waals surface area contributed by atoms with E-state index in [-0.39, 0.29) is 5.91 Å². The summed E-state index contributed by atoms with van der Waals surface area (Å²) in [7, 11) is 4.05. The van der Waals surface area contributed by atoms with Gasteiger partial charge in [0.1, 0.15) is 0 Å². The first kappa shape index (κ1) is 20.0. The van der Waals surface area contributed by atoms with Gasteiger partial charge < -0.3 is 4.90 Å². The molecule has 1 amide bonds. The van der Waals surface area contributed by atoms with Gasteiger partial charge in [-0.1, -0.05) is 11.3 Å². The first-order chi connectivity index (χ1) is 13.4. The number of rotatable bonds is 6. The third-order valence-corrected chi connectivity index (χ3v) is 5.76. The molecule has 3 aromatic rings. The number of hydrogen-bond donors (Lipinski definition) is 0. The summed E-state index contributed by atoms with van der Waals surface area (Å²) in [5, 5.41) is 9.71. The Labute approximate surface area is 169 Å². The Morgan fingerprint density at radius 1 is 1.11 bits per heavy atom. The zero-order valence-electron chi connectivity index (χ0n) is 16.7. The van der Waals surface area contributed by atoms with Crippen molar-refractivity contribution < 1.29 is 4.79 Å². The number of nitriles is 1. The summed E-state index contributed by atoms with van der Waals surface area (Å²) >= 11 is 1.55. The van der Waals surface area contributed by atoms with Gasteiger partial charge in [-0.15, -0.1) is 0 Å². The summed E-state index contributed by atoms with van der Waals surface area (Å²) in [6.07, 6.45) is 0.850. The Balaban J connectivity index is 1.95. The van der Waals surface area contributed by atoms with Crippen LogP contribution >= 0.6 is 11.3 Å². The highest BCUT2D eigenvalue weighted by atomic mass is 32.1. The number of nitrogens with zero attached hydrogens (tertiary/aromatic N) is 4. The first-order valence-corrected chi connectivity index (χ1v) is 10.0. The van der Waals surface area contributed by atoms with Gasteiger partial charge in [0.15, 0.2) is 5.13 Å². The molecule has 6 heteroatoms. The van der Waals surface area contributed by atoms with E-state index in [1.165, 1.54) is 11.1 Å². The van der Waals surface area contributed by atoms with E-state index in [0.29, 0.717) is 22.8 Å². The number of hydrogen-bond acceptors (Lipinski definition) is 5. The monoisotopic (exact) mass is 392 g/mol. The fourth-order valence-corrected chi connectivity index (χ4v) is 4.03. The van der Waals surface area contributed by atoms with Crippen molar-refractivity contribution in [1.82, 2.24) is 9.88 Å². The van der Waals surface area contributed by atoms with Gasteiger partial charge in [-0.2, -0.15) is 5.26 Å². The largest absolute Gasteiger partial charge is 0.309 e. The summed E-state index contributed by atoms with van der Waals surface area (Å²) in [5.41, 5.74) is 4.45. The van der Waals surface area contributed by atoms with Crippen LogP contribution in [0.3, 0.4) is 0 Å². The lowest BCUT2D eigenvalue weighted by atomic mass is 10.1. The number of carbonyl (C=O) groups is 1. The maximum Gasteiger partial charge on any atom is 0.260 e. The minimum absolute atomic E-state index is 0.0873. The molecule has 5 nitrogen and oxygen atoms in total. The first-order valence-electron chi connectivity index (χ1n) is 9.23. The van der Waals surface area contributed by atoms with Gasteiger partial charge in [-0.3, -0.25) is 9.69 Å². The van der Waals surface area contributed by atoms with Crippen molar-refractivity contribution in [3.63, 3.8) is 0 Å². The van der Waals surface area contributed by atoms with Crippen LogP contribution < -0.4 is 4.90 Å². The maximum atomic E-state index is 13.2. The zero-order chi connectivity index (χ0) is 20.3. The van der Waals surface area contributed by atoms with Crippen LogP contribution in [0.15, 0.2) is 36.4 Å². The number of benzene rings is 2. The summed E-state index contributed by atoms with van der Waals surface area (Å²) in [5.74, 6) is -0.0873. The molecule has 0 saturated heterocycles. The van der Waals surface area contributed by atoms with E-state index in [4.69, 9.17) is 10.2 Å². The molecule has 3 rings (SSSR count). The van der Waals surface area contributed by atoms with Crippen molar-refractivity contribution in [2.75, 3.05) is 32.1 Å². The molecule has 0 aliphatic heterocycles. The summed E-state index contributed by atoms with van der Waals surface area (Å²) in [4.78, 5) is 21.8. The summed E-state index contributed by atoms with van der Waals surface area (Å²) < 4.78 is 1.09. The molecule has 0 radical (unpaired) electrons. The normalized spacial score (nSPS) is 11.0. The lowest BCUT2D eigenvalue weighted by Gasteiger charge is -2.21. The molecule has 0 aliphatic carbocycles. The van der Waals surface area contributed by atoms with Crippen LogP contribution in [0, 0.1) is 25.2 Å². The number of aromatic nitrogens is 1. The average molecular weight is 393 g/mol. The molecule has 0 bridgehead atoms. The molecule has 1 heterocycles. The Hall–Kier alpha value is -2.75. The standard InChI is InChI=1S/C22H24N4OS/c1-15-12-19-20(13-16(15)2)28-22(24-19)26(11-5-10-25(3)4)21(27)18-8-6-17(14-23)7-9-18/h6-9,12-13H,5,10-11H2,1-4H3. The number of aryl methyl sites for hydroxylation is 2. The van der Waals surface area contributed by atoms with E-state index in [9.17, 15) is 4.79 Å². The molecular weight excluding hydrogens is 368 g/mol. The summed E-state index contributed by atoms with van der Waals surface area (Å²) in [6, 6.07) is 13.1. The molecule has 1 aromatic heterocycles. The second-order valence-corrected chi connectivity index (χ2v) is 8.21.